The van der Waals surface area contributed by atoms with Gasteiger partial charge in [-0.2, -0.15) is 0 Å². The van der Waals surface area contributed by atoms with Crippen molar-refractivity contribution >= 4 is 21.8 Å². The van der Waals surface area contributed by atoms with E-state index in [4.69, 9.17) is 4.42 Å². The summed E-state index contributed by atoms with van der Waals surface area (Å²) in [4.78, 5) is 0. The Morgan fingerprint density at radius 2 is 0.793 bits per heavy atom. The molecule has 0 saturated heterocycles. The molecule has 4 heteroatoms. The van der Waals surface area contributed by atoms with Crippen LogP contribution < -0.4 is 0 Å². The number of hydrogen-bond acceptors (Lipinski definition) is 3. The van der Waals surface area contributed by atoms with Crippen LogP contribution in [0.15, 0.2) is 230 Å². The van der Waals surface area contributed by atoms with E-state index < -0.39 is 0 Å². The van der Waals surface area contributed by atoms with E-state index in [1.807, 2.05) is 30.3 Å². The van der Waals surface area contributed by atoms with Crippen LogP contribution in [-0.2, 0) is 0 Å². The van der Waals surface area contributed by atoms with Gasteiger partial charge in [-0.05, 0) is 99.1 Å². The number of benzene rings is 8. The molecule has 0 bridgehead atoms. The zero-order valence-electron chi connectivity index (χ0n) is 31.9. The van der Waals surface area contributed by atoms with Gasteiger partial charge in [0.15, 0.2) is 0 Å². The molecule has 0 fully saturated rings. The summed E-state index contributed by atoms with van der Waals surface area (Å²) in [6.07, 6.45) is 3.28. The van der Waals surface area contributed by atoms with Gasteiger partial charge in [0, 0.05) is 27.6 Å². The number of allylic oxidation sites excluding steroid dienone is 2. The minimum absolute atomic E-state index is 0.500. The molecule has 8 aromatic carbocycles. The van der Waals surface area contributed by atoms with E-state index in [1.54, 1.807) is 12.2 Å². The van der Waals surface area contributed by atoms with Crippen molar-refractivity contribution in [2.24, 2.45) is 0 Å². The molecule has 0 saturated carbocycles. The van der Waals surface area contributed by atoms with Crippen molar-refractivity contribution in [1.29, 1.82) is 0 Å². The summed E-state index contributed by atoms with van der Waals surface area (Å²) >= 11 is 0. The number of fused-ring (bicyclic) bond motifs is 3. The van der Waals surface area contributed by atoms with Crippen molar-refractivity contribution < 1.29 is 4.42 Å². The number of aromatic nitrogens is 3. The Labute approximate surface area is 338 Å². The molecule has 4 nitrogen and oxygen atoms in total. The van der Waals surface area contributed by atoms with Crippen LogP contribution in [0.1, 0.15) is 0 Å². The van der Waals surface area contributed by atoms with Crippen molar-refractivity contribution in [3.63, 3.8) is 0 Å². The maximum absolute atomic E-state index is 6.04. The third-order valence-electron chi connectivity index (χ3n) is 10.4. The zero-order valence-corrected chi connectivity index (χ0v) is 31.9. The Morgan fingerprint density at radius 3 is 1.41 bits per heavy atom. The van der Waals surface area contributed by atoms with Crippen LogP contribution in [0.5, 0.6) is 0 Å². The first kappa shape index (κ1) is 35.9. The SMILES string of the molecule is C=CC=C.c1ccc(-c2ccc(-n3c4ccccc4c4cc(-c5ccccc5-c5ccccc5-c5ccc(-c6nnc(-c7ccccc7)o6)cc5)ccc43)cc2)cc1. The van der Waals surface area contributed by atoms with Crippen molar-refractivity contribution in [2.75, 3.05) is 0 Å². The predicted octanol–water partition coefficient (Wildman–Crippen LogP) is 14.5. The fourth-order valence-corrected chi connectivity index (χ4v) is 7.62. The molecular formula is C54H39N3O. The molecule has 0 radical (unpaired) electrons. The van der Waals surface area contributed by atoms with E-state index in [2.05, 4.69) is 198 Å². The van der Waals surface area contributed by atoms with Crippen LogP contribution in [0.2, 0.25) is 0 Å². The standard InChI is InChI=1S/C50H33N3O.C4H6/c1-3-13-34(14-4-1)35-27-30-40(31-28-35)53-47-22-12-11-21-45(47)46-33-39(29-32-48(46)53)42-18-8-10-20-44(42)43-19-9-7-17-41(43)36-23-25-38(26-24-36)50-52-51-49(54-50)37-15-5-2-6-16-37;1-3-4-2/h1-33H;3-4H,1-2H2. The Hall–Kier alpha value is -7.82. The monoisotopic (exact) mass is 745 g/mol. The quantitative estimate of drug-likeness (QED) is 0.146. The highest BCUT2D eigenvalue weighted by atomic mass is 16.4. The van der Waals surface area contributed by atoms with E-state index in [1.165, 1.54) is 55.2 Å². The fourth-order valence-electron chi connectivity index (χ4n) is 7.62. The van der Waals surface area contributed by atoms with Crippen molar-refractivity contribution in [3.05, 3.63) is 226 Å². The minimum Gasteiger partial charge on any atom is -0.416 e. The number of para-hydroxylation sites is 1. The Balaban J connectivity index is 0.00000104. The van der Waals surface area contributed by atoms with Gasteiger partial charge in [0.1, 0.15) is 0 Å². The van der Waals surface area contributed by atoms with Crippen molar-refractivity contribution in [1.82, 2.24) is 14.8 Å². The first-order valence-electron chi connectivity index (χ1n) is 19.3. The number of nitrogens with zero attached hydrogens (tertiary/aromatic N) is 3. The van der Waals surface area contributed by atoms with Crippen molar-refractivity contribution in [3.8, 4) is 73.1 Å². The lowest BCUT2D eigenvalue weighted by Gasteiger charge is -2.15. The topological polar surface area (TPSA) is 43.9 Å². The summed E-state index contributed by atoms with van der Waals surface area (Å²) < 4.78 is 8.42. The zero-order chi connectivity index (χ0) is 39.3. The lowest BCUT2D eigenvalue weighted by atomic mass is 9.89. The molecule has 0 amide bonds. The molecule has 0 aliphatic heterocycles. The van der Waals surface area contributed by atoms with Gasteiger partial charge < -0.3 is 8.98 Å². The third kappa shape index (κ3) is 6.95. The molecule has 2 aromatic heterocycles. The molecular weight excluding hydrogens is 707 g/mol. The summed E-state index contributed by atoms with van der Waals surface area (Å²) in [5.74, 6) is 1.01. The molecule has 0 atom stereocenters. The lowest BCUT2D eigenvalue weighted by Crippen LogP contribution is -1.94. The summed E-state index contributed by atoms with van der Waals surface area (Å²) in [7, 11) is 0. The Morgan fingerprint density at radius 1 is 0.362 bits per heavy atom. The summed E-state index contributed by atoms with van der Waals surface area (Å²) in [6, 6.07) is 70.6. The maximum atomic E-state index is 6.04. The number of hydrogen-bond donors (Lipinski definition) is 0. The lowest BCUT2D eigenvalue weighted by molar-refractivity contribution is 0.584. The second-order valence-electron chi connectivity index (χ2n) is 13.9. The average Bonchev–Trinajstić information content (AvgIpc) is 3.94. The van der Waals surface area contributed by atoms with E-state index >= 15 is 0 Å². The molecule has 276 valence electrons. The summed E-state index contributed by atoms with van der Waals surface area (Å²) in [5.41, 5.74) is 14.7. The van der Waals surface area contributed by atoms with Gasteiger partial charge in [0.05, 0.1) is 11.0 Å². The Kier molecular flexibility index (Phi) is 9.96. The highest BCUT2D eigenvalue weighted by Crippen LogP contribution is 2.41. The van der Waals surface area contributed by atoms with Crippen LogP contribution in [0.25, 0.3) is 94.9 Å². The van der Waals surface area contributed by atoms with Crippen LogP contribution in [-0.4, -0.2) is 14.8 Å². The van der Waals surface area contributed by atoms with Gasteiger partial charge in [0.2, 0.25) is 11.8 Å². The molecule has 0 spiro atoms. The van der Waals surface area contributed by atoms with Gasteiger partial charge in [-0.1, -0.05) is 171 Å². The molecule has 10 aromatic rings. The molecule has 10 rings (SSSR count). The molecule has 0 N–H and O–H groups in total. The first-order valence-corrected chi connectivity index (χ1v) is 19.3. The fraction of sp³-hybridized carbons (Fsp3) is 0. The van der Waals surface area contributed by atoms with E-state index in [0.29, 0.717) is 11.8 Å². The van der Waals surface area contributed by atoms with Crippen LogP contribution >= 0.6 is 0 Å². The van der Waals surface area contributed by atoms with Gasteiger partial charge in [0.25, 0.3) is 0 Å². The Bertz CT molecular complexity index is 3010. The van der Waals surface area contributed by atoms with E-state index in [0.717, 1.165) is 27.9 Å². The third-order valence-corrected chi connectivity index (χ3v) is 10.4. The molecule has 0 aliphatic rings. The minimum atomic E-state index is 0.500. The van der Waals surface area contributed by atoms with Crippen LogP contribution in [0.4, 0.5) is 0 Å². The van der Waals surface area contributed by atoms with E-state index in [9.17, 15) is 0 Å². The predicted molar refractivity (Wildman–Crippen MR) is 242 cm³/mol. The largest absolute Gasteiger partial charge is 0.416 e. The van der Waals surface area contributed by atoms with Crippen LogP contribution in [0.3, 0.4) is 0 Å². The highest BCUT2D eigenvalue weighted by Gasteiger charge is 2.17. The van der Waals surface area contributed by atoms with E-state index in [-0.39, 0.29) is 0 Å². The first-order chi connectivity index (χ1) is 28.7. The maximum Gasteiger partial charge on any atom is 0.248 e. The summed E-state index contributed by atoms with van der Waals surface area (Å²) in [6.45, 7) is 6.72. The molecule has 0 unspecified atom stereocenters. The molecule has 58 heavy (non-hydrogen) atoms. The highest BCUT2D eigenvalue weighted by molar-refractivity contribution is 6.11. The number of rotatable bonds is 8. The second-order valence-corrected chi connectivity index (χ2v) is 13.9. The van der Waals surface area contributed by atoms with Gasteiger partial charge >= 0.3 is 0 Å². The van der Waals surface area contributed by atoms with Gasteiger partial charge in [-0.3, -0.25) is 0 Å². The van der Waals surface area contributed by atoms with Crippen molar-refractivity contribution in [2.45, 2.75) is 0 Å². The average molecular weight is 746 g/mol. The van der Waals surface area contributed by atoms with Gasteiger partial charge in [-0.25, -0.2) is 0 Å². The normalized spacial score (nSPS) is 10.9. The smallest absolute Gasteiger partial charge is 0.248 e. The summed E-state index contributed by atoms with van der Waals surface area (Å²) in [5, 5.41) is 11.1. The van der Waals surface area contributed by atoms with Gasteiger partial charge in [-0.15, -0.1) is 10.2 Å². The molecule has 0 aliphatic carbocycles. The van der Waals surface area contributed by atoms with Crippen LogP contribution in [0, 0.1) is 0 Å². The second kappa shape index (κ2) is 16.1. The molecule has 2 heterocycles.